The van der Waals surface area contributed by atoms with Gasteiger partial charge in [0, 0.05) is 37.7 Å². The molecule has 0 spiro atoms. The molecule has 1 amide bonds. The molecule has 0 radical (unpaired) electrons. The smallest absolute Gasteiger partial charge is 0.257 e. The summed E-state index contributed by atoms with van der Waals surface area (Å²) in [6, 6.07) is 2.27. The van der Waals surface area contributed by atoms with Crippen LogP contribution in [0.2, 0.25) is 0 Å². The van der Waals surface area contributed by atoms with Gasteiger partial charge in [0.05, 0.1) is 5.56 Å². The molecule has 21 heavy (non-hydrogen) atoms. The number of carbonyl (C=O) groups is 1. The number of aromatic nitrogens is 1. The van der Waals surface area contributed by atoms with Crippen LogP contribution >= 0.6 is 0 Å². The van der Waals surface area contributed by atoms with E-state index in [1.807, 2.05) is 13.1 Å². The molecule has 2 rings (SSSR count). The summed E-state index contributed by atoms with van der Waals surface area (Å²) in [6.07, 6.45) is 9.21. The molecule has 0 saturated heterocycles. The summed E-state index contributed by atoms with van der Waals surface area (Å²) < 4.78 is 0. The van der Waals surface area contributed by atoms with E-state index in [-0.39, 0.29) is 5.91 Å². The fourth-order valence-electron chi connectivity index (χ4n) is 3.00. The van der Waals surface area contributed by atoms with E-state index in [2.05, 4.69) is 29.0 Å². The van der Waals surface area contributed by atoms with Crippen molar-refractivity contribution >= 4 is 11.6 Å². The third kappa shape index (κ3) is 3.96. The average molecular weight is 289 g/mol. The summed E-state index contributed by atoms with van der Waals surface area (Å²) >= 11 is 0. The van der Waals surface area contributed by atoms with E-state index in [1.54, 1.807) is 12.4 Å². The Morgan fingerprint density at radius 3 is 2.76 bits per heavy atom. The molecule has 0 aliphatic heterocycles. The van der Waals surface area contributed by atoms with Crippen molar-refractivity contribution in [2.24, 2.45) is 5.92 Å². The van der Waals surface area contributed by atoms with Crippen molar-refractivity contribution in [2.75, 3.05) is 18.9 Å². The zero-order valence-electron chi connectivity index (χ0n) is 13.4. The predicted octanol–water partition coefficient (Wildman–Crippen LogP) is 3.55. The van der Waals surface area contributed by atoms with Gasteiger partial charge in [0.2, 0.25) is 0 Å². The van der Waals surface area contributed by atoms with Gasteiger partial charge in [0.1, 0.15) is 0 Å². The molecule has 0 unspecified atom stereocenters. The molecule has 0 bridgehead atoms. The van der Waals surface area contributed by atoms with Gasteiger partial charge in [-0.1, -0.05) is 26.7 Å². The van der Waals surface area contributed by atoms with Crippen LogP contribution in [0, 0.1) is 5.92 Å². The van der Waals surface area contributed by atoms with Crippen LogP contribution < -0.4 is 5.32 Å². The SMILES string of the molecule is CNc1ccncc1C(=O)N(CCC(C)C)C1CCCC1. The van der Waals surface area contributed by atoms with Gasteiger partial charge in [0.25, 0.3) is 5.91 Å². The van der Waals surface area contributed by atoms with Crippen molar-refractivity contribution in [3.8, 4) is 0 Å². The molecular weight excluding hydrogens is 262 g/mol. The molecule has 1 N–H and O–H groups in total. The van der Waals surface area contributed by atoms with Gasteiger partial charge >= 0.3 is 0 Å². The zero-order chi connectivity index (χ0) is 15.2. The van der Waals surface area contributed by atoms with Crippen LogP contribution in [0.4, 0.5) is 5.69 Å². The van der Waals surface area contributed by atoms with Gasteiger partial charge in [-0.3, -0.25) is 9.78 Å². The van der Waals surface area contributed by atoms with Crippen LogP contribution in [-0.4, -0.2) is 35.4 Å². The van der Waals surface area contributed by atoms with Gasteiger partial charge in [-0.2, -0.15) is 0 Å². The number of nitrogens with one attached hydrogen (secondary N) is 1. The first kappa shape index (κ1) is 15.8. The average Bonchev–Trinajstić information content (AvgIpc) is 3.01. The van der Waals surface area contributed by atoms with Gasteiger partial charge in [-0.15, -0.1) is 0 Å². The number of rotatable bonds is 6. The van der Waals surface area contributed by atoms with E-state index in [0.29, 0.717) is 17.5 Å². The largest absolute Gasteiger partial charge is 0.387 e. The summed E-state index contributed by atoms with van der Waals surface area (Å²) in [6.45, 7) is 5.26. The van der Waals surface area contributed by atoms with Gasteiger partial charge in [-0.05, 0) is 31.2 Å². The van der Waals surface area contributed by atoms with Gasteiger partial charge in [0.15, 0.2) is 0 Å². The van der Waals surface area contributed by atoms with Gasteiger partial charge < -0.3 is 10.2 Å². The molecule has 0 atom stereocenters. The molecule has 116 valence electrons. The summed E-state index contributed by atoms with van der Waals surface area (Å²) in [5.41, 5.74) is 1.55. The minimum Gasteiger partial charge on any atom is -0.387 e. The van der Waals surface area contributed by atoms with E-state index in [9.17, 15) is 4.79 Å². The van der Waals surface area contributed by atoms with Crippen LogP contribution in [0.15, 0.2) is 18.5 Å². The maximum atomic E-state index is 13.0. The van der Waals surface area contributed by atoms with Crippen molar-refractivity contribution in [3.63, 3.8) is 0 Å². The van der Waals surface area contributed by atoms with Crippen molar-refractivity contribution in [2.45, 2.75) is 52.0 Å². The highest BCUT2D eigenvalue weighted by Crippen LogP contribution is 2.27. The van der Waals surface area contributed by atoms with Crippen molar-refractivity contribution < 1.29 is 4.79 Å². The highest BCUT2D eigenvalue weighted by Gasteiger charge is 2.28. The monoisotopic (exact) mass is 289 g/mol. The third-order valence-corrected chi connectivity index (χ3v) is 4.29. The van der Waals surface area contributed by atoms with Crippen LogP contribution in [0.3, 0.4) is 0 Å². The Bertz CT molecular complexity index is 467. The number of amides is 1. The Balaban J connectivity index is 2.20. The Labute approximate surface area is 127 Å². The summed E-state index contributed by atoms with van der Waals surface area (Å²) in [4.78, 5) is 19.2. The first-order valence-corrected chi connectivity index (χ1v) is 8.06. The molecule has 1 fully saturated rings. The lowest BCUT2D eigenvalue weighted by Crippen LogP contribution is -2.40. The van der Waals surface area contributed by atoms with Crippen LogP contribution in [0.25, 0.3) is 0 Å². The molecule has 1 aromatic heterocycles. The third-order valence-electron chi connectivity index (χ3n) is 4.29. The lowest BCUT2D eigenvalue weighted by Gasteiger charge is -2.30. The molecule has 1 heterocycles. The molecule has 0 aromatic carbocycles. The van der Waals surface area contributed by atoms with Crippen LogP contribution in [0.5, 0.6) is 0 Å². The standard InChI is InChI=1S/C17H27N3O/c1-13(2)9-11-20(14-6-4-5-7-14)17(21)15-12-19-10-8-16(15)18-3/h8,10,12-14H,4-7,9,11H2,1-3H3,(H,18,19). The molecule has 1 aromatic rings. The first-order chi connectivity index (χ1) is 10.1. The second-order valence-electron chi connectivity index (χ2n) is 6.29. The van der Waals surface area contributed by atoms with Crippen LogP contribution in [0.1, 0.15) is 56.3 Å². The summed E-state index contributed by atoms with van der Waals surface area (Å²) in [5.74, 6) is 0.736. The molecule has 4 heteroatoms. The molecule has 4 nitrogen and oxygen atoms in total. The fourth-order valence-corrected chi connectivity index (χ4v) is 3.00. The van der Waals surface area contributed by atoms with Crippen molar-refractivity contribution in [1.29, 1.82) is 0 Å². The molecular formula is C17H27N3O. The van der Waals surface area contributed by atoms with Crippen LogP contribution in [-0.2, 0) is 0 Å². The number of carbonyl (C=O) groups excluding carboxylic acids is 1. The lowest BCUT2D eigenvalue weighted by molar-refractivity contribution is 0.0672. The van der Waals surface area contributed by atoms with E-state index in [4.69, 9.17) is 0 Å². The predicted molar refractivity (Wildman–Crippen MR) is 86.5 cm³/mol. The second-order valence-corrected chi connectivity index (χ2v) is 6.29. The Kier molecular flexibility index (Phi) is 5.59. The quantitative estimate of drug-likeness (QED) is 0.871. The maximum Gasteiger partial charge on any atom is 0.257 e. The lowest BCUT2D eigenvalue weighted by atomic mass is 10.1. The number of nitrogens with zero attached hydrogens (tertiary/aromatic N) is 2. The van der Waals surface area contributed by atoms with Crippen molar-refractivity contribution in [3.05, 3.63) is 24.0 Å². The van der Waals surface area contributed by atoms with Gasteiger partial charge in [-0.25, -0.2) is 0 Å². The zero-order valence-corrected chi connectivity index (χ0v) is 13.4. The number of pyridine rings is 1. The molecule has 1 aliphatic carbocycles. The Morgan fingerprint density at radius 1 is 1.43 bits per heavy atom. The Morgan fingerprint density at radius 2 is 2.14 bits per heavy atom. The molecule has 1 aliphatic rings. The summed E-state index contributed by atoms with van der Waals surface area (Å²) in [5, 5.41) is 3.10. The van der Waals surface area contributed by atoms with E-state index < -0.39 is 0 Å². The highest BCUT2D eigenvalue weighted by molar-refractivity contribution is 5.99. The first-order valence-electron chi connectivity index (χ1n) is 8.06. The minimum atomic E-state index is 0.125. The number of hydrogen-bond donors (Lipinski definition) is 1. The minimum absolute atomic E-state index is 0.125. The number of anilines is 1. The number of hydrogen-bond acceptors (Lipinski definition) is 3. The summed E-state index contributed by atoms with van der Waals surface area (Å²) in [7, 11) is 1.85. The maximum absolute atomic E-state index is 13.0. The fraction of sp³-hybridized carbons (Fsp3) is 0.647. The van der Waals surface area contributed by atoms with E-state index in [0.717, 1.165) is 31.5 Å². The highest BCUT2D eigenvalue weighted by atomic mass is 16.2. The van der Waals surface area contributed by atoms with E-state index in [1.165, 1.54) is 12.8 Å². The second kappa shape index (κ2) is 7.43. The Hall–Kier alpha value is -1.58. The topological polar surface area (TPSA) is 45.2 Å². The normalized spacial score (nSPS) is 15.4. The van der Waals surface area contributed by atoms with E-state index >= 15 is 0 Å². The molecule has 1 saturated carbocycles. The van der Waals surface area contributed by atoms with Crippen molar-refractivity contribution in [1.82, 2.24) is 9.88 Å².